The van der Waals surface area contributed by atoms with E-state index in [1.54, 1.807) is 18.2 Å². The maximum atomic E-state index is 14.7. The van der Waals surface area contributed by atoms with Gasteiger partial charge in [0.25, 0.3) is 0 Å². The second-order valence-electron chi connectivity index (χ2n) is 6.14. The SMILES string of the molecule is COC(=O)C1=C(N)Oc2ccc3ccccc3c2[C@@H]1c1c(F)cccc1F. The number of fused-ring (bicyclic) bond motifs is 3. The van der Waals surface area contributed by atoms with Crippen LogP contribution in [0.1, 0.15) is 17.0 Å². The van der Waals surface area contributed by atoms with Gasteiger partial charge in [-0.25, -0.2) is 13.6 Å². The smallest absolute Gasteiger partial charge is 0.340 e. The van der Waals surface area contributed by atoms with Crippen LogP contribution in [0.4, 0.5) is 8.78 Å². The molecular formula is C21H15F2NO3. The van der Waals surface area contributed by atoms with Crippen LogP contribution in [0.25, 0.3) is 10.8 Å². The van der Waals surface area contributed by atoms with Crippen LogP contribution in [0.5, 0.6) is 5.75 Å². The summed E-state index contributed by atoms with van der Waals surface area (Å²) in [5, 5.41) is 1.54. The van der Waals surface area contributed by atoms with E-state index in [1.165, 1.54) is 13.2 Å². The molecule has 0 bridgehead atoms. The molecule has 0 aliphatic carbocycles. The van der Waals surface area contributed by atoms with Crippen LogP contribution in [-0.4, -0.2) is 13.1 Å². The van der Waals surface area contributed by atoms with Gasteiger partial charge in [0.15, 0.2) is 0 Å². The molecular weight excluding hydrogens is 352 g/mol. The molecule has 4 nitrogen and oxygen atoms in total. The molecule has 3 aromatic carbocycles. The van der Waals surface area contributed by atoms with Crippen LogP contribution in [0.15, 0.2) is 66.1 Å². The molecule has 0 amide bonds. The number of rotatable bonds is 2. The Labute approximate surface area is 153 Å². The molecule has 27 heavy (non-hydrogen) atoms. The van der Waals surface area contributed by atoms with Gasteiger partial charge in [-0.3, -0.25) is 0 Å². The zero-order valence-electron chi connectivity index (χ0n) is 14.3. The fraction of sp³-hybridized carbons (Fsp3) is 0.0952. The fourth-order valence-electron chi connectivity index (χ4n) is 3.53. The third kappa shape index (κ3) is 2.61. The molecule has 4 rings (SSSR count). The van der Waals surface area contributed by atoms with Gasteiger partial charge in [0.2, 0.25) is 5.88 Å². The normalized spacial score (nSPS) is 16.0. The van der Waals surface area contributed by atoms with E-state index in [1.807, 2.05) is 18.2 Å². The van der Waals surface area contributed by atoms with E-state index in [-0.39, 0.29) is 17.0 Å². The van der Waals surface area contributed by atoms with Gasteiger partial charge >= 0.3 is 5.97 Å². The number of hydrogen-bond donors (Lipinski definition) is 1. The van der Waals surface area contributed by atoms with Crippen molar-refractivity contribution in [3.63, 3.8) is 0 Å². The van der Waals surface area contributed by atoms with E-state index < -0.39 is 23.5 Å². The lowest BCUT2D eigenvalue weighted by molar-refractivity contribution is -0.136. The zero-order chi connectivity index (χ0) is 19.1. The van der Waals surface area contributed by atoms with Gasteiger partial charge in [-0.05, 0) is 29.0 Å². The lowest BCUT2D eigenvalue weighted by atomic mass is 9.80. The molecule has 0 saturated carbocycles. The highest BCUT2D eigenvalue weighted by Crippen LogP contribution is 2.47. The molecule has 0 spiro atoms. The van der Waals surface area contributed by atoms with Crippen LogP contribution in [-0.2, 0) is 9.53 Å². The topological polar surface area (TPSA) is 61.5 Å². The summed E-state index contributed by atoms with van der Waals surface area (Å²) in [6.07, 6.45) is 0. The molecule has 1 atom stereocenters. The Morgan fingerprint density at radius 3 is 2.41 bits per heavy atom. The number of benzene rings is 3. The first kappa shape index (κ1) is 17.0. The maximum absolute atomic E-state index is 14.7. The molecule has 1 aliphatic heterocycles. The van der Waals surface area contributed by atoms with Crippen molar-refractivity contribution in [1.82, 2.24) is 0 Å². The van der Waals surface area contributed by atoms with Gasteiger partial charge in [-0.15, -0.1) is 0 Å². The molecule has 0 aromatic heterocycles. The summed E-state index contributed by atoms with van der Waals surface area (Å²) in [7, 11) is 1.18. The summed E-state index contributed by atoms with van der Waals surface area (Å²) >= 11 is 0. The van der Waals surface area contributed by atoms with Gasteiger partial charge < -0.3 is 15.2 Å². The molecule has 6 heteroatoms. The van der Waals surface area contributed by atoms with E-state index >= 15 is 0 Å². The van der Waals surface area contributed by atoms with E-state index in [2.05, 4.69) is 0 Å². The minimum atomic E-state index is -1.10. The standard InChI is InChI=1S/C21H15F2NO3/c1-26-21(25)19-18(17-13(22)7-4-8-14(17)23)16-12-6-3-2-5-11(12)9-10-15(16)27-20(19)24/h2-10,18H,24H2,1H3/t18-/m1/s1. The summed E-state index contributed by atoms with van der Waals surface area (Å²) in [6.45, 7) is 0. The van der Waals surface area contributed by atoms with E-state index in [9.17, 15) is 13.6 Å². The van der Waals surface area contributed by atoms with Crippen LogP contribution < -0.4 is 10.5 Å². The van der Waals surface area contributed by atoms with Gasteiger partial charge in [0.05, 0.1) is 13.0 Å². The fourth-order valence-corrected chi connectivity index (χ4v) is 3.53. The van der Waals surface area contributed by atoms with Crippen molar-refractivity contribution in [2.45, 2.75) is 5.92 Å². The summed E-state index contributed by atoms with van der Waals surface area (Å²) in [5.41, 5.74) is 6.01. The Morgan fingerprint density at radius 1 is 1.00 bits per heavy atom. The van der Waals surface area contributed by atoms with Crippen molar-refractivity contribution in [2.75, 3.05) is 7.11 Å². The molecule has 0 saturated heterocycles. The third-order valence-electron chi connectivity index (χ3n) is 4.69. The molecule has 2 N–H and O–H groups in total. The van der Waals surface area contributed by atoms with Crippen LogP contribution in [0.3, 0.4) is 0 Å². The van der Waals surface area contributed by atoms with Crippen molar-refractivity contribution in [3.05, 3.63) is 88.8 Å². The molecule has 0 radical (unpaired) electrons. The number of methoxy groups -OCH3 is 1. The second-order valence-corrected chi connectivity index (χ2v) is 6.14. The summed E-state index contributed by atoms with van der Waals surface area (Å²) < 4.78 is 39.8. The highest BCUT2D eigenvalue weighted by molar-refractivity contribution is 5.97. The Kier molecular flexibility index (Phi) is 4.03. The minimum absolute atomic E-state index is 0.134. The number of carbonyl (C=O) groups excluding carboxylic acids is 1. The lowest BCUT2D eigenvalue weighted by Crippen LogP contribution is -2.28. The molecule has 1 heterocycles. The van der Waals surface area contributed by atoms with E-state index in [4.69, 9.17) is 15.2 Å². The first-order valence-corrected chi connectivity index (χ1v) is 8.24. The number of halogens is 2. The second kappa shape index (κ2) is 6.39. The van der Waals surface area contributed by atoms with E-state index in [0.717, 1.165) is 17.5 Å². The monoisotopic (exact) mass is 367 g/mol. The molecule has 0 fully saturated rings. The number of nitrogens with two attached hydrogens (primary N) is 1. The number of esters is 1. The summed E-state index contributed by atoms with van der Waals surface area (Å²) in [4.78, 5) is 12.4. The van der Waals surface area contributed by atoms with Gasteiger partial charge in [0, 0.05) is 11.1 Å². The number of ether oxygens (including phenoxy) is 2. The van der Waals surface area contributed by atoms with Crippen molar-refractivity contribution >= 4 is 16.7 Å². The number of carbonyl (C=O) groups is 1. The van der Waals surface area contributed by atoms with Gasteiger partial charge in [0.1, 0.15) is 23.0 Å². The molecule has 136 valence electrons. The van der Waals surface area contributed by atoms with Crippen molar-refractivity contribution in [2.24, 2.45) is 5.73 Å². The van der Waals surface area contributed by atoms with Crippen LogP contribution in [0.2, 0.25) is 0 Å². The van der Waals surface area contributed by atoms with Crippen molar-refractivity contribution in [1.29, 1.82) is 0 Å². The third-order valence-corrected chi connectivity index (χ3v) is 4.69. The zero-order valence-corrected chi connectivity index (χ0v) is 14.3. The predicted molar refractivity (Wildman–Crippen MR) is 96.0 cm³/mol. The molecule has 0 unspecified atom stereocenters. The van der Waals surface area contributed by atoms with Crippen molar-refractivity contribution in [3.8, 4) is 5.75 Å². The van der Waals surface area contributed by atoms with E-state index in [0.29, 0.717) is 16.7 Å². The summed E-state index contributed by atoms with van der Waals surface area (Å²) in [5.74, 6) is -3.37. The van der Waals surface area contributed by atoms with Gasteiger partial charge in [-0.1, -0.05) is 36.4 Å². The Balaban J connectivity index is 2.12. The van der Waals surface area contributed by atoms with Crippen LogP contribution in [0, 0.1) is 11.6 Å². The van der Waals surface area contributed by atoms with Gasteiger partial charge in [-0.2, -0.15) is 0 Å². The predicted octanol–water partition coefficient (Wildman–Crippen LogP) is 3.99. The average Bonchev–Trinajstić information content (AvgIpc) is 2.66. The lowest BCUT2D eigenvalue weighted by Gasteiger charge is -2.29. The first-order valence-electron chi connectivity index (χ1n) is 8.24. The largest absolute Gasteiger partial charge is 0.465 e. The average molecular weight is 367 g/mol. The summed E-state index contributed by atoms with van der Waals surface area (Å²) in [6, 6.07) is 14.4. The Hall–Kier alpha value is -3.41. The van der Waals surface area contributed by atoms with Crippen molar-refractivity contribution < 1.29 is 23.0 Å². The Bertz CT molecular complexity index is 1090. The first-order chi connectivity index (χ1) is 13.0. The van der Waals surface area contributed by atoms with Crippen LogP contribution >= 0.6 is 0 Å². The highest BCUT2D eigenvalue weighted by Gasteiger charge is 2.39. The maximum Gasteiger partial charge on any atom is 0.340 e. The number of hydrogen-bond acceptors (Lipinski definition) is 4. The molecule has 3 aromatic rings. The molecule has 1 aliphatic rings. The Morgan fingerprint density at radius 2 is 1.70 bits per heavy atom. The quantitative estimate of drug-likeness (QED) is 0.696. The highest BCUT2D eigenvalue weighted by atomic mass is 19.1. The minimum Gasteiger partial charge on any atom is -0.465 e.